The van der Waals surface area contributed by atoms with E-state index in [9.17, 15) is 0 Å². The number of rotatable bonds is 6. The van der Waals surface area contributed by atoms with Crippen LogP contribution in [0.1, 0.15) is 45.7 Å². The molecule has 1 unspecified atom stereocenters. The molecular formula is C14H25N3. The molecule has 0 saturated carbocycles. The van der Waals surface area contributed by atoms with Crippen LogP contribution < -0.4 is 10.6 Å². The maximum Gasteiger partial charge on any atom is 0.128 e. The predicted molar refractivity (Wildman–Crippen MR) is 74.2 cm³/mol. The van der Waals surface area contributed by atoms with Crippen molar-refractivity contribution in [1.29, 1.82) is 0 Å². The number of hydrogen-bond acceptors (Lipinski definition) is 3. The smallest absolute Gasteiger partial charge is 0.128 e. The van der Waals surface area contributed by atoms with Gasteiger partial charge in [-0.25, -0.2) is 4.98 Å². The normalized spacial score (nSPS) is 14.4. The number of aromatic nitrogens is 1. The first-order valence-electron chi connectivity index (χ1n) is 6.54. The van der Waals surface area contributed by atoms with Gasteiger partial charge < -0.3 is 10.6 Å². The first-order chi connectivity index (χ1) is 8.08. The summed E-state index contributed by atoms with van der Waals surface area (Å²) in [6.07, 6.45) is 3.09. The Balaban J connectivity index is 2.75. The Morgan fingerprint density at radius 3 is 2.41 bits per heavy atom. The van der Waals surface area contributed by atoms with Crippen molar-refractivity contribution in [2.24, 2.45) is 11.7 Å². The first-order valence-corrected chi connectivity index (χ1v) is 6.54. The van der Waals surface area contributed by atoms with Gasteiger partial charge in [-0.05, 0) is 31.4 Å². The molecule has 0 amide bonds. The second-order valence-electron chi connectivity index (χ2n) is 4.79. The average molecular weight is 235 g/mol. The van der Waals surface area contributed by atoms with Gasteiger partial charge in [0, 0.05) is 25.3 Å². The Morgan fingerprint density at radius 1 is 1.29 bits per heavy atom. The van der Waals surface area contributed by atoms with Gasteiger partial charge in [-0.1, -0.05) is 26.3 Å². The predicted octanol–water partition coefficient (Wildman–Crippen LogP) is 2.97. The van der Waals surface area contributed by atoms with Crippen LogP contribution in [0.3, 0.4) is 0 Å². The van der Waals surface area contributed by atoms with Gasteiger partial charge in [0.1, 0.15) is 5.82 Å². The third-order valence-electron chi connectivity index (χ3n) is 3.23. The van der Waals surface area contributed by atoms with E-state index in [4.69, 9.17) is 5.73 Å². The van der Waals surface area contributed by atoms with Crippen LogP contribution in [0, 0.1) is 5.92 Å². The maximum absolute atomic E-state index is 5.82. The van der Waals surface area contributed by atoms with Gasteiger partial charge in [-0.3, -0.25) is 0 Å². The molecule has 96 valence electrons. The number of hydrogen-bond donors (Lipinski definition) is 1. The largest absolute Gasteiger partial charge is 0.357 e. The first kappa shape index (κ1) is 14.0. The van der Waals surface area contributed by atoms with E-state index in [1.165, 1.54) is 6.42 Å². The van der Waals surface area contributed by atoms with Crippen LogP contribution in [-0.4, -0.2) is 18.1 Å². The van der Waals surface area contributed by atoms with Crippen LogP contribution in [0.25, 0.3) is 0 Å². The highest BCUT2D eigenvalue weighted by Crippen LogP contribution is 2.16. The molecule has 0 spiro atoms. The van der Waals surface area contributed by atoms with Crippen LogP contribution in [0.15, 0.2) is 18.3 Å². The molecule has 0 aliphatic heterocycles. The molecule has 2 N–H and O–H groups in total. The zero-order chi connectivity index (χ0) is 12.8. The van der Waals surface area contributed by atoms with Crippen LogP contribution in [0.5, 0.6) is 0 Å². The highest BCUT2D eigenvalue weighted by Gasteiger charge is 2.09. The molecule has 0 fully saturated rings. The maximum atomic E-state index is 5.82. The molecule has 0 saturated heterocycles. The number of nitrogens with zero attached hydrogens (tertiary/aromatic N) is 2. The van der Waals surface area contributed by atoms with Crippen molar-refractivity contribution in [1.82, 2.24) is 4.98 Å². The van der Waals surface area contributed by atoms with E-state index >= 15 is 0 Å². The molecule has 1 heterocycles. The van der Waals surface area contributed by atoms with Crippen molar-refractivity contribution in [3.05, 3.63) is 23.9 Å². The van der Waals surface area contributed by atoms with Crippen LogP contribution in [0.2, 0.25) is 0 Å². The molecule has 0 aromatic carbocycles. The van der Waals surface area contributed by atoms with Crippen LogP contribution >= 0.6 is 0 Å². The number of nitrogens with two attached hydrogens (primary N) is 1. The summed E-state index contributed by atoms with van der Waals surface area (Å²) in [7, 11) is 0. The van der Waals surface area contributed by atoms with E-state index < -0.39 is 0 Å². The van der Waals surface area contributed by atoms with Gasteiger partial charge in [0.05, 0.1) is 0 Å². The van der Waals surface area contributed by atoms with Gasteiger partial charge >= 0.3 is 0 Å². The summed E-state index contributed by atoms with van der Waals surface area (Å²) in [4.78, 5) is 6.82. The molecule has 17 heavy (non-hydrogen) atoms. The summed E-state index contributed by atoms with van der Waals surface area (Å²) in [6, 6.07) is 4.21. The standard InChI is InChI=1S/C14H25N3/c1-5-11(3)10-17(6-2)14-8-7-13(9-16-14)12(4)15/h7-9,11-12H,5-6,10,15H2,1-4H3/t11?,12-/m1/s1. The Bertz CT molecular complexity index is 319. The Morgan fingerprint density at radius 2 is 2.00 bits per heavy atom. The molecule has 0 bridgehead atoms. The zero-order valence-electron chi connectivity index (χ0n) is 11.5. The summed E-state index contributed by atoms with van der Waals surface area (Å²) in [5.41, 5.74) is 6.91. The molecule has 0 aliphatic carbocycles. The number of anilines is 1. The summed E-state index contributed by atoms with van der Waals surface area (Å²) >= 11 is 0. The SMILES string of the molecule is CCC(C)CN(CC)c1ccc([C@@H](C)N)cn1. The minimum absolute atomic E-state index is 0.0567. The van der Waals surface area contributed by atoms with Crippen molar-refractivity contribution in [3.8, 4) is 0 Å². The topological polar surface area (TPSA) is 42.1 Å². The van der Waals surface area contributed by atoms with Gasteiger partial charge in [0.25, 0.3) is 0 Å². The molecule has 1 rings (SSSR count). The van der Waals surface area contributed by atoms with Crippen LogP contribution in [0.4, 0.5) is 5.82 Å². The lowest BCUT2D eigenvalue weighted by Gasteiger charge is -2.25. The Labute approximate surface area is 105 Å². The van der Waals surface area contributed by atoms with Gasteiger partial charge in [-0.2, -0.15) is 0 Å². The van der Waals surface area contributed by atoms with E-state index in [1.54, 1.807) is 0 Å². The fourth-order valence-corrected chi connectivity index (χ4v) is 1.74. The molecule has 3 heteroatoms. The van der Waals surface area contributed by atoms with Crippen molar-refractivity contribution < 1.29 is 0 Å². The monoisotopic (exact) mass is 235 g/mol. The highest BCUT2D eigenvalue weighted by atomic mass is 15.2. The molecule has 3 nitrogen and oxygen atoms in total. The van der Waals surface area contributed by atoms with Gasteiger partial charge in [0.15, 0.2) is 0 Å². The summed E-state index contributed by atoms with van der Waals surface area (Å²) in [5.74, 6) is 1.75. The minimum atomic E-state index is 0.0567. The van der Waals surface area contributed by atoms with Gasteiger partial charge in [-0.15, -0.1) is 0 Å². The number of pyridine rings is 1. The lowest BCUT2D eigenvalue weighted by atomic mass is 10.1. The third-order valence-corrected chi connectivity index (χ3v) is 3.23. The second kappa shape index (κ2) is 6.60. The van der Waals surface area contributed by atoms with Crippen molar-refractivity contribution >= 4 is 5.82 Å². The molecule has 1 aromatic heterocycles. The van der Waals surface area contributed by atoms with Gasteiger partial charge in [0.2, 0.25) is 0 Å². The van der Waals surface area contributed by atoms with E-state index in [0.29, 0.717) is 5.92 Å². The summed E-state index contributed by atoms with van der Waals surface area (Å²) in [6.45, 7) is 10.7. The zero-order valence-corrected chi connectivity index (χ0v) is 11.5. The minimum Gasteiger partial charge on any atom is -0.357 e. The van der Waals surface area contributed by atoms with E-state index in [1.807, 2.05) is 13.1 Å². The second-order valence-corrected chi connectivity index (χ2v) is 4.79. The molecule has 2 atom stereocenters. The molecule has 0 radical (unpaired) electrons. The fraction of sp³-hybridized carbons (Fsp3) is 0.643. The highest BCUT2D eigenvalue weighted by molar-refractivity contribution is 5.39. The lowest BCUT2D eigenvalue weighted by molar-refractivity contribution is 0.545. The summed E-state index contributed by atoms with van der Waals surface area (Å²) < 4.78 is 0. The van der Waals surface area contributed by atoms with Crippen molar-refractivity contribution in [3.63, 3.8) is 0 Å². The lowest BCUT2D eigenvalue weighted by Crippen LogP contribution is -2.28. The third kappa shape index (κ3) is 4.00. The Kier molecular flexibility index (Phi) is 5.42. The van der Waals surface area contributed by atoms with E-state index in [2.05, 4.69) is 42.8 Å². The van der Waals surface area contributed by atoms with Crippen LogP contribution in [-0.2, 0) is 0 Å². The summed E-state index contributed by atoms with van der Waals surface area (Å²) in [5, 5.41) is 0. The fourth-order valence-electron chi connectivity index (χ4n) is 1.74. The average Bonchev–Trinajstić information content (AvgIpc) is 2.35. The van der Waals surface area contributed by atoms with E-state index in [0.717, 1.165) is 24.5 Å². The Hall–Kier alpha value is -1.09. The molecule has 1 aromatic rings. The molecular weight excluding hydrogens is 210 g/mol. The van der Waals surface area contributed by atoms with E-state index in [-0.39, 0.29) is 6.04 Å². The van der Waals surface area contributed by atoms with Crippen molar-refractivity contribution in [2.75, 3.05) is 18.0 Å². The quantitative estimate of drug-likeness (QED) is 0.824. The van der Waals surface area contributed by atoms with Crippen molar-refractivity contribution in [2.45, 2.75) is 40.2 Å². The molecule has 0 aliphatic rings.